The van der Waals surface area contributed by atoms with E-state index >= 15 is 0 Å². The third-order valence-electron chi connectivity index (χ3n) is 1.88. The van der Waals surface area contributed by atoms with Crippen LogP contribution >= 0.6 is 15.6 Å². The quantitative estimate of drug-likeness (QED) is 0.236. The number of rotatable bonds is 6. The van der Waals surface area contributed by atoms with Crippen LogP contribution in [-0.4, -0.2) is 54.8 Å². The van der Waals surface area contributed by atoms with Crippen molar-refractivity contribution in [3.05, 3.63) is 11.5 Å². The molecule has 1 unspecified atom stereocenters. The monoisotopic (exact) mass is 336 g/mol. The molecule has 3 atom stereocenters. The van der Waals surface area contributed by atoms with Gasteiger partial charge in [-0.2, -0.15) is 4.31 Å². The first-order valence-electron chi connectivity index (χ1n) is 4.69. The van der Waals surface area contributed by atoms with Gasteiger partial charge in [0.25, 0.3) is 0 Å². The maximum absolute atomic E-state index is 11.3. The van der Waals surface area contributed by atoms with Crippen molar-refractivity contribution in [3.63, 3.8) is 0 Å². The van der Waals surface area contributed by atoms with Crippen molar-refractivity contribution in [1.29, 1.82) is 0 Å². The largest absolute Gasteiger partial charge is 0.536 e. The Kier molecular flexibility index (Phi) is 4.95. The fourth-order valence-corrected chi connectivity index (χ4v) is 2.83. The maximum atomic E-state index is 11.3. The molecule has 0 saturated heterocycles. The lowest BCUT2D eigenvalue weighted by atomic mass is 10.2. The molecule has 14 heteroatoms. The zero-order valence-corrected chi connectivity index (χ0v) is 11.2. The van der Waals surface area contributed by atoms with Crippen molar-refractivity contribution < 1.29 is 57.5 Å². The second kappa shape index (κ2) is 5.80. The van der Waals surface area contributed by atoms with Gasteiger partial charge in [0.15, 0.2) is 6.10 Å². The zero-order valence-electron chi connectivity index (χ0n) is 9.39. The van der Waals surface area contributed by atoms with Crippen LogP contribution < -0.4 is 0 Å². The minimum atomic E-state index is -5.42. The SMILES string of the molecule is O=C1O[C@H]([C@@H](O)CO)C(OP(=O)(O)OP(=O)(O)O)=C1O. The Hall–Kier alpha value is -0.970. The fraction of sp³-hybridized carbons (Fsp3) is 0.500. The normalized spacial score (nSPS) is 24.2. The van der Waals surface area contributed by atoms with E-state index in [0.29, 0.717) is 0 Å². The number of phosphoric ester groups is 1. The molecule has 1 rings (SSSR count). The fourth-order valence-electron chi connectivity index (χ4n) is 1.18. The molecule has 0 aliphatic carbocycles. The Balaban J connectivity index is 3.00. The van der Waals surface area contributed by atoms with Crippen molar-refractivity contribution in [3.8, 4) is 0 Å². The summed E-state index contributed by atoms with van der Waals surface area (Å²) in [5, 5.41) is 27.2. The van der Waals surface area contributed by atoms with Gasteiger partial charge >= 0.3 is 21.6 Å². The number of hydrogen-bond acceptors (Lipinski definition) is 9. The molecule has 0 aromatic carbocycles. The molecule has 116 valence electrons. The third kappa shape index (κ3) is 4.27. The van der Waals surface area contributed by atoms with E-state index in [4.69, 9.17) is 19.8 Å². The first kappa shape index (κ1) is 17.1. The number of hydrogen-bond donors (Lipinski definition) is 6. The Morgan fingerprint density at radius 3 is 2.30 bits per heavy atom. The van der Waals surface area contributed by atoms with E-state index in [-0.39, 0.29) is 0 Å². The molecule has 0 amide bonds. The number of aliphatic hydroxyl groups excluding tert-OH is 3. The van der Waals surface area contributed by atoms with E-state index in [0.717, 1.165) is 0 Å². The van der Waals surface area contributed by atoms with Gasteiger partial charge in [-0.15, -0.1) is 0 Å². The summed E-state index contributed by atoms with van der Waals surface area (Å²) < 4.78 is 33.6. The molecule has 1 aliphatic rings. The maximum Gasteiger partial charge on any atom is 0.536 e. The third-order valence-corrected chi connectivity index (χ3v) is 3.98. The molecule has 0 fully saturated rings. The van der Waals surface area contributed by atoms with Gasteiger partial charge in [-0.3, -0.25) is 4.89 Å². The number of carbonyl (C=O) groups excluding carboxylic acids is 1. The molecule has 6 N–H and O–H groups in total. The zero-order chi connectivity index (χ0) is 15.7. The summed E-state index contributed by atoms with van der Waals surface area (Å²) >= 11 is 0. The molecule has 0 aromatic heterocycles. The summed E-state index contributed by atoms with van der Waals surface area (Å²) in [4.78, 5) is 36.8. The van der Waals surface area contributed by atoms with Crippen LogP contribution in [0, 0.1) is 0 Å². The molecule has 0 aromatic rings. The standard InChI is InChI=1S/C6H10O12P2/c7-1-2(8)4-5(3(9)6(10)16-4)17-20(14,15)18-19(11,12)13/h2,4,7-9H,1H2,(H,14,15)(H2,11,12,13)/t2-,4+/m0/s1. The van der Waals surface area contributed by atoms with Crippen molar-refractivity contribution in [2.45, 2.75) is 12.2 Å². The Bertz CT molecular complexity index is 518. The van der Waals surface area contributed by atoms with Gasteiger partial charge in [-0.1, -0.05) is 0 Å². The van der Waals surface area contributed by atoms with Crippen LogP contribution in [0.1, 0.15) is 0 Å². The first-order chi connectivity index (χ1) is 8.97. The van der Waals surface area contributed by atoms with E-state index < -0.39 is 51.9 Å². The molecular formula is C6H10O12P2. The van der Waals surface area contributed by atoms with Crippen molar-refractivity contribution >= 4 is 21.6 Å². The highest BCUT2D eigenvalue weighted by Gasteiger charge is 2.45. The van der Waals surface area contributed by atoms with Gasteiger partial charge in [-0.05, 0) is 0 Å². The van der Waals surface area contributed by atoms with Crippen LogP contribution in [0.4, 0.5) is 0 Å². The summed E-state index contributed by atoms with van der Waals surface area (Å²) in [7, 11) is -10.8. The molecule has 0 spiro atoms. The summed E-state index contributed by atoms with van der Waals surface area (Å²) in [5.41, 5.74) is 0. The summed E-state index contributed by atoms with van der Waals surface area (Å²) in [5.74, 6) is -3.85. The number of ether oxygens (including phenoxy) is 1. The van der Waals surface area contributed by atoms with Gasteiger partial charge in [0.05, 0.1) is 6.61 Å². The highest BCUT2D eigenvalue weighted by atomic mass is 31.3. The second-order valence-corrected chi connectivity index (χ2v) is 6.17. The van der Waals surface area contributed by atoms with Gasteiger partial charge in [0.2, 0.25) is 11.5 Å². The Morgan fingerprint density at radius 1 is 1.30 bits per heavy atom. The van der Waals surface area contributed by atoms with Crippen LogP contribution in [0.3, 0.4) is 0 Å². The number of aliphatic hydroxyl groups is 3. The van der Waals surface area contributed by atoms with Crippen LogP contribution in [0.5, 0.6) is 0 Å². The molecule has 1 aliphatic heterocycles. The van der Waals surface area contributed by atoms with E-state index in [2.05, 4.69) is 13.6 Å². The molecule has 0 saturated carbocycles. The van der Waals surface area contributed by atoms with E-state index in [1.54, 1.807) is 0 Å². The molecular weight excluding hydrogens is 326 g/mol. The molecule has 0 radical (unpaired) electrons. The van der Waals surface area contributed by atoms with E-state index in [9.17, 15) is 24.1 Å². The number of carbonyl (C=O) groups is 1. The summed E-state index contributed by atoms with van der Waals surface area (Å²) in [6.45, 7) is -0.965. The van der Waals surface area contributed by atoms with Gasteiger partial charge in [0, 0.05) is 0 Å². The van der Waals surface area contributed by atoms with Crippen LogP contribution in [0.2, 0.25) is 0 Å². The Morgan fingerprint density at radius 2 is 1.85 bits per heavy atom. The molecule has 20 heavy (non-hydrogen) atoms. The van der Waals surface area contributed by atoms with Crippen LogP contribution in [0.15, 0.2) is 11.5 Å². The highest BCUT2D eigenvalue weighted by Crippen LogP contribution is 2.59. The van der Waals surface area contributed by atoms with Crippen molar-refractivity contribution in [2.24, 2.45) is 0 Å². The van der Waals surface area contributed by atoms with Crippen LogP contribution in [-0.2, 0) is 27.5 Å². The summed E-state index contributed by atoms with van der Waals surface area (Å²) in [6.07, 6.45) is -3.65. The molecule has 1 heterocycles. The summed E-state index contributed by atoms with van der Waals surface area (Å²) in [6, 6.07) is 0. The topological polar surface area (TPSA) is 200 Å². The predicted octanol–water partition coefficient (Wildman–Crippen LogP) is -1.74. The van der Waals surface area contributed by atoms with Crippen LogP contribution in [0.25, 0.3) is 0 Å². The molecule has 0 bridgehead atoms. The number of phosphoric acid groups is 2. The second-order valence-electron chi connectivity index (χ2n) is 3.42. The van der Waals surface area contributed by atoms with Crippen molar-refractivity contribution in [2.75, 3.05) is 6.61 Å². The van der Waals surface area contributed by atoms with Crippen molar-refractivity contribution in [1.82, 2.24) is 0 Å². The van der Waals surface area contributed by atoms with Gasteiger partial charge < -0.3 is 34.4 Å². The minimum Gasteiger partial charge on any atom is -0.499 e. The average Bonchev–Trinajstić information content (AvgIpc) is 2.52. The number of esters is 1. The van der Waals surface area contributed by atoms with Gasteiger partial charge in [0.1, 0.15) is 6.10 Å². The van der Waals surface area contributed by atoms with Gasteiger partial charge in [-0.25, -0.2) is 13.9 Å². The van der Waals surface area contributed by atoms with E-state index in [1.165, 1.54) is 0 Å². The lowest BCUT2D eigenvalue weighted by Crippen LogP contribution is -2.32. The lowest BCUT2D eigenvalue weighted by molar-refractivity contribution is -0.147. The Labute approximate surface area is 110 Å². The smallest absolute Gasteiger partial charge is 0.499 e. The highest BCUT2D eigenvalue weighted by molar-refractivity contribution is 7.60. The minimum absolute atomic E-state index is 0.965. The molecule has 12 nitrogen and oxygen atoms in total. The predicted molar refractivity (Wildman–Crippen MR) is 56.7 cm³/mol. The number of cyclic esters (lactones) is 1. The lowest BCUT2D eigenvalue weighted by Gasteiger charge is -2.20. The first-order valence-corrected chi connectivity index (χ1v) is 7.71. The van der Waals surface area contributed by atoms with E-state index in [1.807, 2.05) is 0 Å². The average molecular weight is 336 g/mol.